The molecule has 0 bridgehead atoms. The molecule has 1 unspecified atom stereocenters. The average molecular weight is 328 g/mol. The van der Waals surface area contributed by atoms with Crippen LogP contribution in [0, 0.1) is 5.41 Å². The summed E-state index contributed by atoms with van der Waals surface area (Å²) in [5.41, 5.74) is 0.356. The van der Waals surface area contributed by atoms with Crippen molar-refractivity contribution in [1.82, 2.24) is 5.32 Å². The number of alkyl carbamates (subject to hydrolysis) is 1. The summed E-state index contributed by atoms with van der Waals surface area (Å²) >= 11 is 5.97. The number of benzene rings is 1. The molecule has 0 spiro atoms. The fourth-order valence-corrected chi connectivity index (χ4v) is 2.04. The van der Waals surface area contributed by atoms with E-state index in [4.69, 9.17) is 16.3 Å². The number of ketones is 1. The highest BCUT2D eigenvalue weighted by molar-refractivity contribution is 6.31. The highest BCUT2D eigenvalue weighted by Crippen LogP contribution is 2.20. The molecule has 124 valence electrons. The molecule has 1 amide bonds. The molecule has 5 heteroatoms. The first-order chi connectivity index (χ1) is 10.2. The lowest BCUT2D eigenvalue weighted by atomic mass is 9.85. The Morgan fingerprint density at radius 1 is 1.23 bits per heavy atom. The SMILES string of the molecule is CC.CC(=O)C(NC(=O)OCc1ccccc1Cl)C(C)(C)C. The molecule has 0 aliphatic heterocycles. The Labute approximate surface area is 138 Å². The molecule has 0 aliphatic rings. The molecule has 0 heterocycles. The zero-order valence-electron chi connectivity index (χ0n) is 14.2. The number of carbonyl (C=O) groups excluding carboxylic acids is 2. The normalized spacial score (nSPS) is 11.8. The lowest BCUT2D eigenvalue weighted by Gasteiger charge is -2.28. The van der Waals surface area contributed by atoms with E-state index in [0.717, 1.165) is 5.56 Å². The standard InChI is InChI=1S/C15H20ClNO3.C2H6/c1-10(18)13(15(2,3)4)17-14(19)20-9-11-7-5-6-8-12(11)16;1-2/h5-8,13H,9H2,1-4H3,(H,17,19);1-2H3. The fraction of sp³-hybridized carbons (Fsp3) is 0.529. The van der Waals surface area contributed by atoms with Crippen molar-refractivity contribution < 1.29 is 14.3 Å². The van der Waals surface area contributed by atoms with Crippen LogP contribution in [-0.2, 0) is 16.1 Å². The van der Waals surface area contributed by atoms with Gasteiger partial charge in [0.2, 0.25) is 0 Å². The molecule has 22 heavy (non-hydrogen) atoms. The monoisotopic (exact) mass is 327 g/mol. The van der Waals surface area contributed by atoms with Gasteiger partial charge < -0.3 is 10.1 Å². The Kier molecular flexibility index (Phi) is 8.80. The van der Waals surface area contributed by atoms with Crippen LogP contribution in [0.2, 0.25) is 5.02 Å². The molecule has 0 radical (unpaired) electrons. The molecular weight excluding hydrogens is 302 g/mol. The molecule has 0 fully saturated rings. The van der Waals surface area contributed by atoms with Crippen LogP contribution in [0.15, 0.2) is 24.3 Å². The average Bonchev–Trinajstić information content (AvgIpc) is 2.44. The van der Waals surface area contributed by atoms with Gasteiger partial charge in [0.1, 0.15) is 6.61 Å². The summed E-state index contributed by atoms with van der Waals surface area (Å²) in [6, 6.07) is 6.54. The summed E-state index contributed by atoms with van der Waals surface area (Å²) in [6.07, 6.45) is -0.625. The summed E-state index contributed by atoms with van der Waals surface area (Å²) in [4.78, 5) is 23.3. The number of nitrogens with one attached hydrogen (secondary N) is 1. The van der Waals surface area contributed by atoms with Gasteiger partial charge in [0.25, 0.3) is 0 Å². The topological polar surface area (TPSA) is 55.4 Å². The molecule has 1 N–H and O–H groups in total. The smallest absolute Gasteiger partial charge is 0.408 e. The molecule has 0 saturated heterocycles. The maximum absolute atomic E-state index is 11.8. The van der Waals surface area contributed by atoms with Crippen LogP contribution < -0.4 is 5.32 Å². The summed E-state index contributed by atoms with van der Waals surface area (Å²) in [5, 5.41) is 3.13. The minimum Gasteiger partial charge on any atom is -0.445 e. The van der Waals surface area contributed by atoms with Crippen molar-refractivity contribution >= 4 is 23.5 Å². The number of rotatable bonds is 4. The molecular formula is C17H26ClNO3. The van der Waals surface area contributed by atoms with Gasteiger partial charge >= 0.3 is 6.09 Å². The van der Waals surface area contributed by atoms with E-state index in [0.29, 0.717) is 5.02 Å². The van der Waals surface area contributed by atoms with Gasteiger partial charge in [-0.2, -0.15) is 0 Å². The van der Waals surface area contributed by atoms with Crippen molar-refractivity contribution in [3.63, 3.8) is 0 Å². The third kappa shape index (κ3) is 6.94. The van der Waals surface area contributed by atoms with E-state index >= 15 is 0 Å². The predicted molar refractivity (Wildman–Crippen MR) is 90.0 cm³/mol. The second-order valence-electron chi connectivity index (χ2n) is 5.72. The van der Waals surface area contributed by atoms with Crippen LogP contribution in [0.1, 0.15) is 47.1 Å². The summed E-state index contributed by atoms with van der Waals surface area (Å²) in [5.74, 6) is -0.104. The van der Waals surface area contributed by atoms with Crippen molar-refractivity contribution in [2.75, 3.05) is 0 Å². The Balaban J connectivity index is 0.00000211. The maximum atomic E-state index is 11.8. The Hall–Kier alpha value is -1.55. The minimum atomic E-state index is -0.625. The number of hydrogen-bond donors (Lipinski definition) is 1. The van der Waals surface area contributed by atoms with E-state index in [-0.39, 0.29) is 17.8 Å². The molecule has 1 aromatic carbocycles. The van der Waals surface area contributed by atoms with Crippen molar-refractivity contribution in [3.8, 4) is 0 Å². The highest BCUT2D eigenvalue weighted by Gasteiger charge is 2.30. The predicted octanol–water partition coefficient (Wildman–Crippen LogP) is 4.60. The maximum Gasteiger partial charge on any atom is 0.408 e. The summed E-state index contributed by atoms with van der Waals surface area (Å²) in [6.45, 7) is 11.2. The first-order valence-corrected chi connectivity index (χ1v) is 7.76. The molecule has 1 aromatic rings. The van der Waals surface area contributed by atoms with Gasteiger partial charge in [-0.15, -0.1) is 0 Å². The van der Waals surface area contributed by atoms with Crippen LogP contribution in [0.4, 0.5) is 4.79 Å². The summed E-state index contributed by atoms with van der Waals surface area (Å²) in [7, 11) is 0. The van der Waals surface area contributed by atoms with Crippen molar-refractivity contribution in [2.24, 2.45) is 5.41 Å². The third-order valence-corrected chi connectivity index (χ3v) is 3.22. The van der Waals surface area contributed by atoms with Crippen LogP contribution in [0.3, 0.4) is 0 Å². The Bertz CT molecular complexity index is 495. The molecule has 4 nitrogen and oxygen atoms in total. The van der Waals surface area contributed by atoms with Crippen molar-refractivity contribution in [3.05, 3.63) is 34.9 Å². The first kappa shape index (κ1) is 20.5. The van der Waals surface area contributed by atoms with Crippen molar-refractivity contribution in [2.45, 2.75) is 54.2 Å². The number of Topliss-reactive ketones (excluding diaryl/α,β-unsaturated/α-hetero) is 1. The molecule has 0 saturated carbocycles. The minimum absolute atomic E-state index is 0.0697. The van der Waals surface area contributed by atoms with Gasteiger partial charge in [0, 0.05) is 10.6 Å². The lowest BCUT2D eigenvalue weighted by Crippen LogP contribution is -2.48. The number of ether oxygens (including phenoxy) is 1. The largest absolute Gasteiger partial charge is 0.445 e. The third-order valence-electron chi connectivity index (χ3n) is 2.85. The number of hydrogen-bond acceptors (Lipinski definition) is 3. The van der Waals surface area contributed by atoms with E-state index < -0.39 is 12.1 Å². The van der Waals surface area contributed by atoms with E-state index in [1.165, 1.54) is 6.92 Å². The Morgan fingerprint density at radius 2 is 1.77 bits per heavy atom. The van der Waals surface area contributed by atoms with Crippen LogP contribution in [0.5, 0.6) is 0 Å². The fourth-order valence-electron chi connectivity index (χ4n) is 1.85. The number of carbonyl (C=O) groups is 2. The van der Waals surface area contributed by atoms with Crippen LogP contribution >= 0.6 is 11.6 Å². The number of amides is 1. The van der Waals surface area contributed by atoms with Crippen molar-refractivity contribution in [1.29, 1.82) is 0 Å². The lowest BCUT2D eigenvalue weighted by molar-refractivity contribution is -0.121. The van der Waals surface area contributed by atoms with Gasteiger partial charge in [-0.05, 0) is 18.4 Å². The van der Waals surface area contributed by atoms with Crippen LogP contribution in [0.25, 0.3) is 0 Å². The second-order valence-corrected chi connectivity index (χ2v) is 6.13. The molecule has 1 atom stereocenters. The Morgan fingerprint density at radius 3 is 2.23 bits per heavy atom. The quantitative estimate of drug-likeness (QED) is 0.879. The van der Waals surface area contributed by atoms with E-state index in [9.17, 15) is 9.59 Å². The van der Waals surface area contributed by atoms with E-state index in [1.807, 2.05) is 40.7 Å². The molecule has 0 aliphatic carbocycles. The number of halogens is 1. The van der Waals surface area contributed by atoms with Gasteiger partial charge in [-0.3, -0.25) is 4.79 Å². The van der Waals surface area contributed by atoms with Gasteiger partial charge in [-0.25, -0.2) is 4.79 Å². The molecule has 0 aromatic heterocycles. The van der Waals surface area contributed by atoms with Gasteiger partial charge in [0.05, 0.1) is 6.04 Å². The van der Waals surface area contributed by atoms with E-state index in [2.05, 4.69) is 5.32 Å². The molecule has 1 rings (SSSR count). The van der Waals surface area contributed by atoms with Crippen LogP contribution in [-0.4, -0.2) is 17.9 Å². The zero-order valence-corrected chi connectivity index (χ0v) is 15.0. The highest BCUT2D eigenvalue weighted by atomic mass is 35.5. The van der Waals surface area contributed by atoms with Gasteiger partial charge in [0.15, 0.2) is 5.78 Å². The first-order valence-electron chi connectivity index (χ1n) is 7.39. The van der Waals surface area contributed by atoms with E-state index in [1.54, 1.807) is 18.2 Å². The zero-order chi connectivity index (χ0) is 17.3. The summed E-state index contributed by atoms with van der Waals surface area (Å²) < 4.78 is 5.10. The second kappa shape index (κ2) is 9.46. The van der Waals surface area contributed by atoms with Gasteiger partial charge in [-0.1, -0.05) is 64.4 Å².